The molecule has 10 nitrogen and oxygen atoms in total. The summed E-state index contributed by atoms with van der Waals surface area (Å²) in [4.78, 5) is 50.2. The normalized spacial score (nSPS) is 19.5. The van der Waals surface area contributed by atoms with Crippen LogP contribution in [0.5, 0.6) is 0 Å². The van der Waals surface area contributed by atoms with Crippen molar-refractivity contribution in [2.24, 2.45) is 0 Å². The fourth-order valence-corrected chi connectivity index (χ4v) is 6.11. The number of piperidine rings is 1. The highest BCUT2D eigenvalue weighted by atomic mass is 16.2. The number of benzene rings is 2. The van der Waals surface area contributed by atoms with Crippen LogP contribution in [0.15, 0.2) is 61.1 Å². The van der Waals surface area contributed by atoms with E-state index in [4.69, 9.17) is 4.98 Å². The highest BCUT2D eigenvalue weighted by Crippen LogP contribution is 2.33. The van der Waals surface area contributed by atoms with Crippen molar-refractivity contribution in [3.63, 3.8) is 0 Å². The summed E-state index contributed by atoms with van der Waals surface area (Å²) in [6, 6.07) is 13.5. The summed E-state index contributed by atoms with van der Waals surface area (Å²) in [5.41, 5.74) is 6.40. The zero-order chi connectivity index (χ0) is 27.9. The number of nitrogens with zero attached hydrogens (tertiary/aromatic N) is 6. The van der Waals surface area contributed by atoms with Crippen LogP contribution in [0.25, 0.3) is 22.3 Å². The van der Waals surface area contributed by atoms with Crippen molar-refractivity contribution in [3.05, 3.63) is 77.7 Å². The summed E-state index contributed by atoms with van der Waals surface area (Å²) in [6.45, 7) is 4.28. The number of carbonyl (C=O) groups is 3. The zero-order valence-corrected chi connectivity index (χ0v) is 22.7. The zero-order valence-electron chi connectivity index (χ0n) is 22.7. The third kappa shape index (κ3) is 4.99. The summed E-state index contributed by atoms with van der Waals surface area (Å²) in [7, 11) is 0. The van der Waals surface area contributed by atoms with Crippen LogP contribution < -0.4 is 5.32 Å². The molecule has 4 aromatic rings. The van der Waals surface area contributed by atoms with Crippen LogP contribution in [-0.4, -0.2) is 72.9 Å². The minimum Gasteiger partial charge on any atom is -0.322 e. The average molecular weight is 550 g/mol. The quantitative estimate of drug-likeness (QED) is 0.265. The van der Waals surface area contributed by atoms with E-state index in [9.17, 15) is 14.4 Å². The molecule has 0 spiro atoms. The molecule has 2 aromatic carbocycles. The molecule has 1 unspecified atom stereocenters. The van der Waals surface area contributed by atoms with E-state index in [0.29, 0.717) is 24.4 Å². The lowest BCUT2D eigenvalue weighted by atomic mass is 9.89. The molecule has 3 aliphatic heterocycles. The van der Waals surface area contributed by atoms with Gasteiger partial charge in [0.15, 0.2) is 0 Å². The van der Waals surface area contributed by atoms with Gasteiger partial charge in [-0.3, -0.25) is 29.4 Å². The largest absolute Gasteiger partial charge is 0.322 e. The lowest BCUT2D eigenvalue weighted by molar-refractivity contribution is -0.136. The predicted octanol–water partition coefficient (Wildman–Crippen LogP) is 3.13. The Labute approximate surface area is 237 Å². The SMILES string of the molecule is O=C1CCC(N2Cc3ccc(C4CN(CCCCn5cc(-c6cnc7ccccc7n6)cn5)C4)cc3C2=O)C(=O)N1. The number of carbonyl (C=O) groups excluding carboxylic acids is 3. The molecule has 0 radical (unpaired) electrons. The van der Waals surface area contributed by atoms with E-state index in [0.717, 1.165) is 66.9 Å². The number of likely N-dealkylation sites (tertiary alicyclic amines) is 1. The van der Waals surface area contributed by atoms with Gasteiger partial charge in [0.1, 0.15) is 6.04 Å². The van der Waals surface area contributed by atoms with Crippen molar-refractivity contribution in [2.75, 3.05) is 19.6 Å². The number of aryl methyl sites for hydroxylation is 1. The molecule has 1 N–H and O–H groups in total. The Balaban J connectivity index is 0.877. The maximum absolute atomic E-state index is 13.1. The van der Waals surface area contributed by atoms with E-state index < -0.39 is 6.04 Å². The van der Waals surface area contributed by atoms with E-state index in [1.54, 1.807) is 11.1 Å². The number of para-hydroxylation sites is 2. The van der Waals surface area contributed by atoms with Crippen LogP contribution in [-0.2, 0) is 22.7 Å². The Kier molecular flexibility index (Phi) is 6.54. The Morgan fingerprint density at radius 1 is 0.951 bits per heavy atom. The van der Waals surface area contributed by atoms with Gasteiger partial charge in [0, 0.05) is 55.8 Å². The Hall–Kier alpha value is -4.44. The Bertz CT molecular complexity index is 1660. The number of unbranched alkanes of at least 4 members (excludes halogenated alkanes) is 1. The number of amides is 3. The second-order valence-corrected chi connectivity index (χ2v) is 11.2. The fraction of sp³-hybridized carbons (Fsp3) is 0.355. The van der Waals surface area contributed by atoms with E-state index in [2.05, 4.69) is 26.4 Å². The lowest BCUT2D eigenvalue weighted by Crippen LogP contribution is -2.52. The van der Waals surface area contributed by atoms with Crippen molar-refractivity contribution in [3.8, 4) is 11.3 Å². The van der Waals surface area contributed by atoms with Crippen LogP contribution in [0, 0.1) is 0 Å². The van der Waals surface area contributed by atoms with Crippen LogP contribution >= 0.6 is 0 Å². The van der Waals surface area contributed by atoms with Crippen molar-refractivity contribution >= 4 is 28.8 Å². The molecule has 0 bridgehead atoms. The van der Waals surface area contributed by atoms with Gasteiger partial charge < -0.3 is 9.80 Å². The molecule has 10 heteroatoms. The van der Waals surface area contributed by atoms with Gasteiger partial charge in [0.05, 0.1) is 29.1 Å². The Morgan fingerprint density at radius 2 is 1.78 bits per heavy atom. The van der Waals surface area contributed by atoms with Gasteiger partial charge in [-0.2, -0.15) is 5.10 Å². The van der Waals surface area contributed by atoms with E-state index in [1.165, 1.54) is 5.56 Å². The number of hydrogen-bond acceptors (Lipinski definition) is 7. The minimum atomic E-state index is -0.573. The van der Waals surface area contributed by atoms with Crippen molar-refractivity contribution in [1.29, 1.82) is 0 Å². The molecule has 2 fully saturated rings. The van der Waals surface area contributed by atoms with Crippen LogP contribution in [0.4, 0.5) is 0 Å². The van der Waals surface area contributed by atoms with Crippen molar-refractivity contribution in [1.82, 2.24) is 34.9 Å². The molecule has 3 amide bonds. The first-order valence-corrected chi connectivity index (χ1v) is 14.3. The van der Waals surface area contributed by atoms with Crippen LogP contribution in [0.3, 0.4) is 0 Å². The highest BCUT2D eigenvalue weighted by Gasteiger charge is 2.39. The molecule has 5 heterocycles. The molecule has 208 valence electrons. The lowest BCUT2D eigenvalue weighted by Gasteiger charge is -2.39. The number of aromatic nitrogens is 4. The molecule has 0 saturated carbocycles. The second kappa shape index (κ2) is 10.5. The highest BCUT2D eigenvalue weighted by molar-refractivity contribution is 6.05. The summed E-state index contributed by atoms with van der Waals surface area (Å²) >= 11 is 0. The summed E-state index contributed by atoms with van der Waals surface area (Å²) in [5, 5.41) is 6.88. The molecule has 0 aliphatic carbocycles. The first-order valence-electron chi connectivity index (χ1n) is 14.3. The maximum Gasteiger partial charge on any atom is 0.255 e. The molecule has 1 atom stereocenters. The monoisotopic (exact) mass is 549 g/mol. The molecular formula is C31H31N7O3. The van der Waals surface area contributed by atoms with Gasteiger partial charge in [-0.15, -0.1) is 0 Å². The predicted molar refractivity (Wildman–Crippen MR) is 152 cm³/mol. The van der Waals surface area contributed by atoms with Gasteiger partial charge in [-0.05, 0) is 55.1 Å². The number of nitrogens with one attached hydrogen (secondary N) is 1. The number of fused-ring (bicyclic) bond motifs is 2. The number of rotatable bonds is 8. The van der Waals surface area contributed by atoms with E-state index >= 15 is 0 Å². The number of imide groups is 1. The van der Waals surface area contributed by atoms with Gasteiger partial charge in [0.25, 0.3) is 5.91 Å². The van der Waals surface area contributed by atoms with E-state index in [1.807, 2.05) is 53.5 Å². The maximum atomic E-state index is 13.1. The summed E-state index contributed by atoms with van der Waals surface area (Å²) in [6.07, 6.45) is 8.46. The third-order valence-corrected chi connectivity index (χ3v) is 8.47. The summed E-state index contributed by atoms with van der Waals surface area (Å²) < 4.78 is 1.98. The fourth-order valence-electron chi connectivity index (χ4n) is 6.11. The van der Waals surface area contributed by atoms with Gasteiger partial charge in [0.2, 0.25) is 11.8 Å². The third-order valence-electron chi connectivity index (χ3n) is 8.47. The smallest absolute Gasteiger partial charge is 0.255 e. The van der Waals surface area contributed by atoms with Crippen molar-refractivity contribution < 1.29 is 14.4 Å². The van der Waals surface area contributed by atoms with Crippen LogP contribution in [0.2, 0.25) is 0 Å². The molecule has 2 aromatic heterocycles. The molecule has 41 heavy (non-hydrogen) atoms. The molecule has 3 aliphatic rings. The van der Waals surface area contributed by atoms with Gasteiger partial charge in [-0.1, -0.05) is 24.3 Å². The van der Waals surface area contributed by atoms with E-state index in [-0.39, 0.29) is 24.1 Å². The second-order valence-electron chi connectivity index (χ2n) is 11.2. The Morgan fingerprint density at radius 3 is 2.63 bits per heavy atom. The topological polar surface area (TPSA) is 113 Å². The average Bonchev–Trinajstić information content (AvgIpc) is 3.56. The molecular weight excluding hydrogens is 518 g/mol. The van der Waals surface area contributed by atoms with Gasteiger partial charge in [-0.25, -0.2) is 4.98 Å². The first-order chi connectivity index (χ1) is 20.0. The molecule has 2 saturated heterocycles. The van der Waals surface area contributed by atoms with Crippen molar-refractivity contribution in [2.45, 2.75) is 50.7 Å². The standard InChI is InChI=1S/C31H31N7O3/c39-29-10-9-28(30(40)35-29)38-19-21-8-7-20(13-24(21)31(38)41)23-16-36(17-23)11-3-4-12-37-18-22(14-33-37)27-15-32-25-5-1-2-6-26(25)34-27/h1-2,5-8,13-15,18,23,28H,3-4,9-12,16-17,19H2,(H,35,39,40). The van der Waals surface area contributed by atoms with Gasteiger partial charge >= 0.3 is 0 Å². The first kappa shape index (κ1) is 25.5. The van der Waals surface area contributed by atoms with Crippen LogP contribution in [0.1, 0.15) is 53.1 Å². The minimum absolute atomic E-state index is 0.109. The molecule has 7 rings (SSSR count). The number of hydrogen-bond donors (Lipinski definition) is 1. The summed E-state index contributed by atoms with van der Waals surface area (Å²) in [5.74, 6) is -0.337.